The number of esters is 1. The van der Waals surface area contributed by atoms with Gasteiger partial charge in [0, 0.05) is 17.3 Å². The van der Waals surface area contributed by atoms with Crippen molar-refractivity contribution in [1.82, 2.24) is 5.32 Å². The van der Waals surface area contributed by atoms with Crippen LogP contribution in [0, 0.1) is 10.1 Å². The number of hydrogen-bond donors (Lipinski definition) is 2. The van der Waals surface area contributed by atoms with E-state index in [0.29, 0.717) is 11.3 Å². The summed E-state index contributed by atoms with van der Waals surface area (Å²) in [6, 6.07) is 9.89. The molecule has 2 aromatic rings. The number of anilines is 1. The van der Waals surface area contributed by atoms with Crippen LogP contribution >= 0.6 is 23.8 Å². The zero-order chi connectivity index (χ0) is 19.3. The number of nitrogens with zero attached hydrogens (tertiary/aromatic N) is 1. The fourth-order valence-corrected chi connectivity index (χ4v) is 2.34. The Labute approximate surface area is 158 Å². The van der Waals surface area contributed by atoms with E-state index in [2.05, 4.69) is 15.4 Å². The summed E-state index contributed by atoms with van der Waals surface area (Å²) >= 11 is 10.7. The van der Waals surface area contributed by atoms with Crippen LogP contribution in [0.4, 0.5) is 11.4 Å². The van der Waals surface area contributed by atoms with Crippen LogP contribution < -0.4 is 10.6 Å². The summed E-state index contributed by atoms with van der Waals surface area (Å²) in [4.78, 5) is 33.7. The predicted molar refractivity (Wildman–Crippen MR) is 99.6 cm³/mol. The van der Waals surface area contributed by atoms with Crippen LogP contribution in [0.3, 0.4) is 0 Å². The summed E-state index contributed by atoms with van der Waals surface area (Å²) in [5.41, 5.74) is 0.550. The zero-order valence-corrected chi connectivity index (χ0v) is 14.9. The van der Waals surface area contributed by atoms with Gasteiger partial charge in [-0.15, -0.1) is 0 Å². The van der Waals surface area contributed by atoms with Crippen molar-refractivity contribution in [1.29, 1.82) is 0 Å². The maximum Gasteiger partial charge on any atom is 0.337 e. The van der Waals surface area contributed by atoms with E-state index in [-0.39, 0.29) is 21.4 Å². The van der Waals surface area contributed by atoms with Crippen molar-refractivity contribution in [3.05, 3.63) is 68.7 Å². The highest BCUT2D eigenvalue weighted by molar-refractivity contribution is 7.80. The molecule has 0 fully saturated rings. The van der Waals surface area contributed by atoms with Gasteiger partial charge in [0.2, 0.25) is 0 Å². The molecule has 0 aliphatic rings. The summed E-state index contributed by atoms with van der Waals surface area (Å²) in [5.74, 6) is -1.11. The Hall–Kier alpha value is -3.04. The third kappa shape index (κ3) is 4.74. The van der Waals surface area contributed by atoms with Gasteiger partial charge in [-0.3, -0.25) is 20.2 Å². The Kier molecular flexibility index (Phi) is 6.21. The molecule has 0 spiro atoms. The predicted octanol–water partition coefficient (Wildman–Crippen LogP) is 3.16. The van der Waals surface area contributed by atoms with Gasteiger partial charge in [-0.2, -0.15) is 0 Å². The standard InChI is InChI=1S/C16H12ClN3O5S/c1-25-15(22)9-2-5-11(6-3-9)18-16(26)19-14(21)10-4-7-12(17)13(8-10)20(23)24/h2-8H,1H3,(H2,18,19,21,26). The molecular formula is C16H12ClN3O5S. The molecule has 0 atom stereocenters. The highest BCUT2D eigenvalue weighted by atomic mass is 35.5. The van der Waals surface area contributed by atoms with E-state index in [0.717, 1.165) is 6.07 Å². The maximum atomic E-state index is 12.1. The van der Waals surface area contributed by atoms with Gasteiger partial charge in [0.15, 0.2) is 5.11 Å². The van der Waals surface area contributed by atoms with Crippen molar-refractivity contribution in [3.63, 3.8) is 0 Å². The maximum absolute atomic E-state index is 12.1. The molecule has 8 nitrogen and oxygen atoms in total. The van der Waals surface area contributed by atoms with Gasteiger partial charge in [0.1, 0.15) is 5.02 Å². The Morgan fingerprint density at radius 2 is 1.77 bits per heavy atom. The first-order valence-electron chi connectivity index (χ1n) is 7.06. The molecule has 26 heavy (non-hydrogen) atoms. The van der Waals surface area contributed by atoms with Crippen molar-refractivity contribution in [2.24, 2.45) is 0 Å². The molecule has 0 radical (unpaired) electrons. The number of nitro benzene ring substituents is 1. The van der Waals surface area contributed by atoms with Gasteiger partial charge < -0.3 is 10.1 Å². The van der Waals surface area contributed by atoms with Crippen molar-refractivity contribution < 1.29 is 19.2 Å². The number of ether oxygens (including phenoxy) is 1. The fourth-order valence-electron chi connectivity index (χ4n) is 1.94. The first-order chi connectivity index (χ1) is 12.3. The minimum absolute atomic E-state index is 0.0154. The first kappa shape index (κ1) is 19.3. The summed E-state index contributed by atoms with van der Waals surface area (Å²) in [6.07, 6.45) is 0. The van der Waals surface area contributed by atoms with E-state index in [9.17, 15) is 19.7 Å². The molecule has 0 aliphatic carbocycles. The molecule has 0 aromatic heterocycles. The second-order valence-corrected chi connectivity index (χ2v) is 5.72. The first-order valence-corrected chi connectivity index (χ1v) is 7.85. The number of rotatable bonds is 4. The molecule has 2 N–H and O–H groups in total. The second-order valence-electron chi connectivity index (χ2n) is 4.90. The Morgan fingerprint density at radius 1 is 1.15 bits per heavy atom. The minimum atomic E-state index is -0.682. The molecule has 2 aromatic carbocycles. The summed E-state index contributed by atoms with van der Waals surface area (Å²) < 4.78 is 4.59. The molecule has 0 saturated carbocycles. The lowest BCUT2D eigenvalue weighted by atomic mass is 10.2. The Balaban J connectivity index is 2.03. The normalized spacial score (nSPS) is 9.92. The van der Waals surface area contributed by atoms with Gasteiger partial charge in [0.25, 0.3) is 11.6 Å². The van der Waals surface area contributed by atoms with E-state index >= 15 is 0 Å². The topological polar surface area (TPSA) is 111 Å². The number of methoxy groups -OCH3 is 1. The Bertz CT molecular complexity index is 886. The zero-order valence-electron chi connectivity index (χ0n) is 13.3. The van der Waals surface area contributed by atoms with Crippen LogP contribution in [0.2, 0.25) is 5.02 Å². The van der Waals surface area contributed by atoms with Crippen molar-refractivity contribution in [3.8, 4) is 0 Å². The minimum Gasteiger partial charge on any atom is -0.465 e. The van der Waals surface area contributed by atoms with Crippen LogP contribution in [-0.2, 0) is 4.74 Å². The summed E-state index contributed by atoms with van der Waals surface area (Å²) in [5, 5.41) is 16.0. The van der Waals surface area contributed by atoms with Crippen LogP contribution in [0.5, 0.6) is 0 Å². The largest absolute Gasteiger partial charge is 0.465 e. The molecule has 10 heteroatoms. The number of amides is 1. The third-order valence-corrected chi connectivity index (χ3v) is 3.72. The summed E-state index contributed by atoms with van der Waals surface area (Å²) in [6.45, 7) is 0. The van der Waals surface area contributed by atoms with Gasteiger partial charge in [0.05, 0.1) is 17.6 Å². The molecule has 0 aliphatic heterocycles. The second kappa shape index (κ2) is 8.37. The Morgan fingerprint density at radius 3 is 2.35 bits per heavy atom. The molecule has 0 heterocycles. The highest BCUT2D eigenvalue weighted by Gasteiger charge is 2.17. The molecule has 0 bridgehead atoms. The number of halogens is 1. The van der Waals surface area contributed by atoms with Crippen molar-refractivity contribution >= 4 is 52.2 Å². The number of carbonyl (C=O) groups excluding carboxylic acids is 2. The smallest absolute Gasteiger partial charge is 0.337 e. The van der Waals surface area contributed by atoms with Crippen LogP contribution in [0.1, 0.15) is 20.7 Å². The lowest BCUT2D eigenvalue weighted by molar-refractivity contribution is -0.384. The van der Waals surface area contributed by atoms with Gasteiger partial charge in [-0.25, -0.2) is 4.79 Å². The summed E-state index contributed by atoms with van der Waals surface area (Å²) in [7, 11) is 1.28. The molecule has 0 unspecified atom stereocenters. The van der Waals surface area contributed by atoms with Crippen LogP contribution in [0.15, 0.2) is 42.5 Å². The number of carbonyl (C=O) groups is 2. The molecule has 2 rings (SSSR count). The number of benzene rings is 2. The van der Waals surface area contributed by atoms with Gasteiger partial charge in [-0.05, 0) is 48.6 Å². The monoisotopic (exact) mass is 393 g/mol. The van der Waals surface area contributed by atoms with E-state index < -0.39 is 16.8 Å². The number of nitrogens with one attached hydrogen (secondary N) is 2. The molecule has 1 amide bonds. The molecule has 0 saturated heterocycles. The third-order valence-electron chi connectivity index (χ3n) is 3.20. The lowest BCUT2D eigenvalue weighted by Crippen LogP contribution is -2.34. The van der Waals surface area contributed by atoms with Crippen LogP contribution in [0.25, 0.3) is 0 Å². The number of thiocarbonyl (C=S) groups is 1. The van der Waals surface area contributed by atoms with E-state index in [1.807, 2.05) is 0 Å². The van der Waals surface area contributed by atoms with E-state index in [4.69, 9.17) is 23.8 Å². The quantitative estimate of drug-likeness (QED) is 0.355. The average Bonchev–Trinajstić information content (AvgIpc) is 2.61. The van der Waals surface area contributed by atoms with E-state index in [1.165, 1.54) is 31.4 Å². The van der Waals surface area contributed by atoms with Gasteiger partial charge in [-0.1, -0.05) is 11.6 Å². The highest BCUT2D eigenvalue weighted by Crippen LogP contribution is 2.25. The number of nitro groups is 1. The van der Waals surface area contributed by atoms with Crippen molar-refractivity contribution in [2.75, 3.05) is 12.4 Å². The molecular weight excluding hydrogens is 382 g/mol. The van der Waals surface area contributed by atoms with Crippen LogP contribution in [-0.4, -0.2) is 29.0 Å². The van der Waals surface area contributed by atoms with Gasteiger partial charge >= 0.3 is 5.97 Å². The fraction of sp³-hybridized carbons (Fsp3) is 0.0625. The number of hydrogen-bond acceptors (Lipinski definition) is 6. The van der Waals surface area contributed by atoms with E-state index in [1.54, 1.807) is 12.1 Å². The SMILES string of the molecule is COC(=O)c1ccc(NC(=S)NC(=O)c2ccc(Cl)c([N+](=O)[O-])c2)cc1. The van der Waals surface area contributed by atoms with Crippen molar-refractivity contribution in [2.45, 2.75) is 0 Å². The molecule has 134 valence electrons. The average molecular weight is 394 g/mol. The lowest BCUT2D eigenvalue weighted by Gasteiger charge is -2.10.